The minimum absolute atomic E-state index is 0.180. The number of hydrogen-bond donors (Lipinski definition) is 0. The van der Waals surface area contributed by atoms with Crippen molar-refractivity contribution in [2.45, 2.75) is 25.7 Å². The number of benzene rings is 3. The van der Waals surface area contributed by atoms with Gasteiger partial charge < -0.3 is 0 Å². The Morgan fingerprint density at radius 2 is 1.28 bits per heavy atom. The molecule has 1 unspecified atom stereocenters. The first-order valence-corrected chi connectivity index (χ1v) is 7.93. The number of rotatable bonds is 4. The van der Waals surface area contributed by atoms with E-state index in [-0.39, 0.29) is 12.8 Å². The van der Waals surface area contributed by atoms with Gasteiger partial charge in [0, 0.05) is 5.56 Å². The molecule has 0 saturated carbocycles. The van der Waals surface area contributed by atoms with E-state index in [1.165, 1.54) is 0 Å². The van der Waals surface area contributed by atoms with Gasteiger partial charge in [0.2, 0.25) is 5.82 Å². The predicted molar refractivity (Wildman–Crippen MR) is 86.9 cm³/mol. The Morgan fingerprint density at radius 3 is 1.88 bits per heavy atom. The van der Waals surface area contributed by atoms with Crippen LogP contribution in [0.4, 0.5) is 22.0 Å². The summed E-state index contributed by atoms with van der Waals surface area (Å²) in [6.45, 7) is 1.66. The maximum atomic E-state index is 14.1. The average molecular weight is 350 g/mol. The molecule has 0 nitrogen and oxygen atoms in total. The third-order valence-electron chi connectivity index (χ3n) is 4.44. The summed E-state index contributed by atoms with van der Waals surface area (Å²) in [6, 6.07) is 13.1. The van der Waals surface area contributed by atoms with E-state index in [1.54, 1.807) is 13.0 Å². The van der Waals surface area contributed by atoms with E-state index in [2.05, 4.69) is 0 Å². The molecule has 0 bridgehead atoms. The van der Waals surface area contributed by atoms with Gasteiger partial charge in [-0.3, -0.25) is 0 Å². The van der Waals surface area contributed by atoms with Crippen LogP contribution in [0.3, 0.4) is 0 Å². The molecule has 3 aromatic carbocycles. The highest BCUT2D eigenvalue weighted by Gasteiger charge is 2.29. The Kier molecular flexibility index (Phi) is 4.75. The van der Waals surface area contributed by atoms with Gasteiger partial charge in [-0.1, -0.05) is 49.4 Å². The standard InChI is InChI=1S/C20H15F5/c1-2-12(15-16(21)18(23)20(25)19(24)17(15)22)9-11-7-8-13-5-3-4-6-14(13)10-11/h3-8,10,12H,2,9H2,1H3. The van der Waals surface area contributed by atoms with Crippen molar-refractivity contribution >= 4 is 10.8 Å². The molecule has 1 atom stereocenters. The lowest BCUT2D eigenvalue weighted by Gasteiger charge is -2.18. The molecule has 25 heavy (non-hydrogen) atoms. The maximum Gasteiger partial charge on any atom is 0.200 e. The van der Waals surface area contributed by atoms with E-state index in [9.17, 15) is 22.0 Å². The monoisotopic (exact) mass is 350 g/mol. The molecule has 0 aliphatic heterocycles. The van der Waals surface area contributed by atoms with Crippen molar-refractivity contribution in [2.75, 3.05) is 0 Å². The molecular formula is C20H15F5. The molecule has 0 radical (unpaired) electrons. The summed E-state index contributed by atoms with van der Waals surface area (Å²) in [5.74, 6) is -10.2. The lowest BCUT2D eigenvalue weighted by molar-refractivity contribution is 0.362. The smallest absolute Gasteiger partial charge is 0.200 e. The second-order valence-corrected chi connectivity index (χ2v) is 5.97. The Balaban J connectivity index is 2.03. The zero-order valence-electron chi connectivity index (χ0n) is 13.4. The fraction of sp³-hybridized carbons (Fsp3) is 0.200. The van der Waals surface area contributed by atoms with Gasteiger partial charge in [-0.05, 0) is 35.1 Å². The van der Waals surface area contributed by atoms with Crippen molar-refractivity contribution in [2.24, 2.45) is 0 Å². The van der Waals surface area contributed by atoms with Gasteiger partial charge in [0.25, 0.3) is 0 Å². The molecule has 0 fully saturated rings. The zero-order chi connectivity index (χ0) is 18.1. The molecule has 0 aromatic heterocycles. The summed E-state index contributed by atoms with van der Waals surface area (Å²) in [5, 5.41) is 1.96. The molecular weight excluding hydrogens is 335 g/mol. The minimum atomic E-state index is -2.13. The van der Waals surface area contributed by atoms with Gasteiger partial charge in [0.1, 0.15) is 0 Å². The largest absolute Gasteiger partial charge is 0.203 e. The molecule has 3 rings (SSSR count). The van der Waals surface area contributed by atoms with E-state index in [1.807, 2.05) is 36.4 Å². The van der Waals surface area contributed by atoms with Crippen LogP contribution in [-0.4, -0.2) is 0 Å². The Labute approximate surface area is 141 Å². The molecule has 0 heterocycles. The van der Waals surface area contributed by atoms with E-state index in [0.29, 0.717) is 0 Å². The van der Waals surface area contributed by atoms with Crippen LogP contribution in [0.2, 0.25) is 0 Å². The minimum Gasteiger partial charge on any atom is -0.203 e. The highest BCUT2D eigenvalue weighted by Crippen LogP contribution is 2.33. The molecule has 130 valence electrons. The summed E-state index contributed by atoms with van der Waals surface area (Å²) in [4.78, 5) is 0. The molecule has 3 aromatic rings. The van der Waals surface area contributed by atoms with Crippen LogP contribution in [0.5, 0.6) is 0 Å². The SMILES string of the molecule is CCC(Cc1ccc2ccccc2c1)c1c(F)c(F)c(F)c(F)c1F. The normalized spacial score (nSPS) is 12.6. The van der Waals surface area contributed by atoms with Crippen LogP contribution in [-0.2, 0) is 6.42 Å². The molecule has 5 heteroatoms. The van der Waals surface area contributed by atoms with Gasteiger partial charge >= 0.3 is 0 Å². The van der Waals surface area contributed by atoms with E-state index >= 15 is 0 Å². The highest BCUT2D eigenvalue weighted by atomic mass is 19.2. The maximum absolute atomic E-state index is 14.1. The summed E-state index contributed by atoms with van der Waals surface area (Å²) in [6.07, 6.45) is 0.421. The Hall–Kier alpha value is -2.43. The van der Waals surface area contributed by atoms with E-state index < -0.39 is 40.6 Å². The van der Waals surface area contributed by atoms with Crippen molar-refractivity contribution in [3.63, 3.8) is 0 Å². The van der Waals surface area contributed by atoms with Gasteiger partial charge in [0.15, 0.2) is 23.3 Å². The molecule has 0 spiro atoms. The summed E-state index contributed by atoms with van der Waals surface area (Å²) in [5.41, 5.74) is 0.0292. The highest BCUT2D eigenvalue weighted by molar-refractivity contribution is 5.83. The summed E-state index contributed by atoms with van der Waals surface area (Å²) >= 11 is 0. The van der Waals surface area contributed by atoms with Crippen LogP contribution >= 0.6 is 0 Å². The molecule has 0 saturated heterocycles. The van der Waals surface area contributed by atoms with Gasteiger partial charge in [0.05, 0.1) is 0 Å². The number of fused-ring (bicyclic) bond motifs is 1. The lowest BCUT2D eigenvalue weighted by atomic mass is 9.88. The molecule has 0 aliphatic carbocycles. The van der Waals surface area contributed by atoms with Crippen molar-refractivity contribution in [1.29, 1.82) is 0 Å². The first kappa shape index (κ1) is 17.4. The molecule has 0 amide bonds. The second-order valence-electron chi connectivity index (χ2n) is 5.97. The quantitative estimate of drug-likeness (QED) is 0.295. The van der Waals surface area contributed by atoms with Crippen molar-refractivity contribution in [3.05, 3.63) is 82.7 Å². The first-order valence-electron chi connectivity index (χ1n) is 7.93. The number of halogens is 5. The predicted octanol–water partition coefficient (Wildman–Crippen LogP) is 6.27. The van der Waals surface area contributed by atoms with E-state index in [0.717, 1.165) is 16.3 Å². The van der Waals surface area contributed by atoms with Crippen LogP contribution in [0, 0.1) is 29.1 Å². The first-order chi connectivity index (χ1) is 11.9. The lowest BCUT2D eigenvalue weighted by Crippen LogP contribution is -2.13. The Bertz CT molecular complexity index is 904. The van der Waals surface area contributed by atoms with Crippen LogP contribution in [0.1, 0.15) is 30.4 Å². The number of hydrogen-bond acceptors (Lipinski definition) is 0. The Morgan fingerprint density at radius 1 is 0.720 bits per heavy atom. The average Bonchev–Trinajstić information content (AvgIpc) is 2.64. The van der Waals surface area contributed by atoms with Crippen molar-refractivity contribution < 1.29 is 22.0 Å². The molecule has 0 N–H and O–H groups in total. The molecule has 0 aliphatic rings. The fourth-order valence-electron chi connectivity index (χ4n) is 3.08. The second kappa shape index (κ2) is 6.82. The summed E-state index contributed by atoms with van der Waals surface area (Å²) in [7, 11) is 0. The fourth-order valence-corrected chi connectivity index (χ4v) is 3.08. The zero-order valence-corrected chi connectivity index (χ0v) is 13.4. The summed E-state index contributed by atoms with van der Waals surface area (Å²) < 4.78 is 68.4. The third-order valence-corrected chi connectivity index (χ3v) is 4.44. The van der Waals surface area contributed by atoms with Crippen LogP contribution < -0.4 is 0 Å². The van der Waals surface area contributed by atoms with Crippen molar-refractivity contribution in [3.8, 4) is 0 Å². The third kappa shape index (κ3) is 3.11. The van der Waals surface area contributed by atoms with Crippen LogP contribution in [0.25, 0.3) is 10.8 Å². The topological polar surface area (TPSA) is 0 Å². The van der Waals surface area contributed by atoms with Gasteiger partial charge in [-0.2, -0.15) is 0 Å². The van der Waals surface area contributed by atoms with Crippen LogP contribution in [0.15, 0.2) is 42.5 Å². The van der Waals surface area contributed by atoms with Gasteiger partial charge in [-0.25, -0.2) is 22.0 Å². The van der Waals surface area contributed by atoms with Crippen molar-refractivity contribution in [1.82, 2.24) is 0 Å². The van der Waals surface area contributed by atoms with E-state index in [4.69, 9.17) is 0 Å². The van der Waals surface area contributed by atoms with Gasteiger partial charge in [-0.15, -0.1) is 0 Å².